The van der Waals surface area contributed by atoms with Crippen LogP contribution in [0.5, 0.6) is 0 Å². The summed E-state index contributed by atoms with van der Waals surface area (Å²) in [4.78, 5) is 33.0. The van der Waals surface area contributed by atoms with Crippen molar-refractivity contribution >= 4 is 36.7 Å². The summed E-state index contributed by atoms with van der Waals surface area (Å²) < 4.78 is 18.6. The highest BCUT2D eigenvalue weighted by molar-refractivity contribution is 7.60. The molecule has 2 aromatic heterocycles. The first-order valence-corrected chi connectivity index (χ1v) is 11.1. The summed E-state index contributed by atoms with van der Waals surface area (Å²) in [5, 5.41) is 0.608. The van der Waals surface area contributed by atoms with Crippen molar-refractivity contribution in [2.75, 3.05) is 25.3 Å². The lowest BCUT2D eigenvalue weighted by Gasteiger charge is -2.37. The number of halogens is 1. The van der Waals surface area contributed by atoms with E-state index in [1.807, 2.05) is 18.2 Å². The minimum Gasteiger partial charge on any atom is -0.369 e. The number of benzene rings is 1. The second-order valence-corrected chi connectivity index (χ2v) is 8.95. The zero-order valence-electron chi connectivity index (χ0n) is 15.3. The van der Waals surface area contributed by atoms with E-state index in [1.54, 1.807) is 10.6 Å². The standard InChI is InChI=1S/C17H20ClN5O5P/c18-12-3-1-2-11(8-12)13-4-6-27-29(25,28-13)10-26-7-5-23-9-20-14-15(23)21-17(19)22-16(14)24/h1-3,8-9,13,25H,4-7,10H2,(H3,19,21,22,24). The van der Waals surface area contributed by atoms with Gasteiger partial charge in [0.05, 0.1) is 25.6 Å². The second kappa shape index (κ2) is 8.35. The summed E-state index contributed by atoms with van der Waals surface area (Å²) in [7, 11) is -3.15. The number of nitrogens with zero attached hydrogens (tertiary/aromatic N) is 3. The fraction of sp³-hybridized carbons (Fsp3) is 0.353. The molecule has 0 amide bonds. The normalized spacial score (nSPS) is 22.2. The SMILES string of the molecule is Nc1nc2c(ncn2CCOC[P]2(O)OCCC(c3cccc(Cl)c3)O2)c(=O)[nH]1. The predicted molar refractivity (Wildman–Crippen MR) is 108 cm³/mol. The lowest BCUT2D eigenvalue weighted by Crippen LogP contribution is -2.21. The maximum absolute atomic E-state index is 11.8. The molecule has 1 aliphatic heterocycles. The van der Waals surface area contributed by atoms with Crippen molar-refractivity contribution in [3.63, 3.8) is 0 Å². The molecule has 1 radical (unpaired) electrons. The highest BCUT2D eigenvalue weighted by Crippen LogP contribution is 2.63. The first-order valence-electron chi connectivity index (χ1n) is 8.91. The first kappa shape index (κ1) is 20.2. The van der Waals surface area contributed by atoms with Gasteiger partial charge in [-0.2, -0.15) is 4.98 Å². The van der Waals surface area contributed by atoms with Crippen molar-refractivity contribution in [3.05, 3.63) is 51.5 Å². The van der Waals surface area contributed by atoms with Gasteiger partial charge in [-0.3, -0.25) is 9.78 Å². The van der Waals surface area contributed by atoms with Crippen LogP contribution in [0.4, 0.5) is 5.95 Å². The fourth-order valence-corrected chi connectivity index (χ4v) is 4.83. The molecular weight excluding hydrogens is 421 g/mol. The van der Waals surface area contributed by atoms with Crippen molar-refractivity contribution in [1.29, 1.82) is 0 Å². The van der Waals surface area contributed by atoms with Gasteiger partial charge in [0.25, 0.3) is 13.5 Å². The number of nitrogens with two attached hydrogens (primary N) is 1. The average Bonchev–Trinajstić information content (AvgIpc) is 3.08. The maximum Gasteiger partial charge on any atom is 0.280 e. The molecule has 1 aliphatic rings. The van der Waals surface area contributed by atoms with Crippen LogP contribution < -0.4 is 11.3 Å². The smallest absolute Gasteiger partial charge is 0.280 e. The zero-order valence-corrected chi connectivity index (χ0v) is 17.0. The Morgan fingerprint density at radius 1 is 1.48 bits per heavy atom. The molecule has 1 saturated heterocycles. The van der Waals surface area contributed by atoms with E-state index in [1.165, 1.54) is 6.33 Å². The molecule has 12 heteroatoms. The maximum atomic E-state index is 11.8. The van der Waals surface area contributed by atoms with Crippen molar-refractivity contribution < 1.29 is 18.7 Å². The molecule has 1 aromatic carbocycles. The number of nitrogen functional groups attached to an aromatic ring is 1. The van der Waals surface area contributed by atoms with Crippen molar-refractivity contribution in [2.24, 2.45) is 0 Å². The van der Waals surface area contributed by atoms with E-state index in [0.29, 0.717) is 30.2 Å². The quantitative estimate of drug-likeness (QED) is 0.392. The number of hydrogen-bond acceptors (Lipinski definition) is 8. The molecule has 2 atom stereocenters. The van der Waals surface area contributed by atoms with Gasteiger partial charge in [-0.15, -0.1) is 0 Å². The molecular formula is C17H20ClN5O5P. The number of nitrogens with one attached hydrogen (secondary N) is 1. The second-order valence-electron chi connectivity index (χ2n) is 6.51. The van der Waals surface area contributed by atoms with Crippen molar-refractivity contribution in [2.45, 2.75) is 19.1 Å². The van der Waals surface area contributed by atoms with Crippen LogP contribution in [-0.2, 0) is 20.3 Å². The average molecular weight is 441 g/mol. The number of aromatic amines is 1. The molecule has 10 nitrogen and oxygen atoms in total. The Morgan fingerprint density at radius 2 is 2.34 bits per heavy atom. The molecule has 155 valence electrons. The highest BCUT2D eigenvalue weighted by Gasteiger charge is 2.36. The van der Waals surface area contributed by atoms with E-state index < -0.39 is 13.5 Å². The molecule has 4 rings (SSSR count). The van der Waals surface area contributed by atoms with Gasteiger partial charge in [-0.25, -0.2) is 4.98 Å². The summed E-state index contributed by atoms with van der Waals surface area (Å²) in [5.41, 5.74) is 6.64. The van der Waals surface area contributed by atoms with Gasteiger partial charge in [0, 0.05) is 18.0 Å². The number of fused-ring (bicyclic) bond motifs is 1. The molecule has 0 spiro atoms. The number of H-pyrrole nitrogens is 1. The number of ether oxygens (including phenoxy) is 1. The van der Waals surface area contributed by atoms with Gasteiger partial charge >= 0.3 is 0 Å². The van der Waals surface area contributed by atoms with Crippen LogP contribution in [0.15, 0.2) is 35.4 Å². The summed E-state index contributed by atoms with van der Waals surface area (Å²) >= 11 is 6.04. The van der Waals surface area contributed by atoms with E-state index in [9.17, 15) is 9.69 Å². The van der Waals surface area contributed by atoms with Crippen molar-refractivity contribution in [3.8, 4) is 0 Å². The predicted octanol–water partition coefficient (Wildman–Crippen LogP) is 2.26. The van der Waals surface area contributed by atoms with Gasteiger partial charge in [-0.05, 0) is 17.7 Å². The molecule has 0 saturated carbocycles. The minimum absolute atomic E-state index is 0.0152. The van der Waals surface area contributed by atoms with Crippen LogP contribution in [0.2, 0.25) is 5.02 Å². The van der Waals surface area contributed by atoms with Gasteiger partial charge in [0.1, 0.15) is 6.35 Å². The summed E-state index contributed by atoms with van der Waals surface area (Å²) in [6, 6.07) is 7.33. The van der Waals surface area contributed by atoms with Crippen LogP contribution in [0.3, 0.4) is 0 Å². The van der Waals surface area contributed by atoms with Gasteiger partial charge in [0.15, 0.2) is 11.2 Å². The largest absolute Gasteiger partial charge is 0.369 e. The highest BCUT2D eigenvalue weighted by atomic mass is 35.5. The van der Waals surface area contributed by atoms with Crippen LogP contribution >= 0.6 is 19.5 Å². The third kappa shape index (κ3) is 4.58. The van der Waals surface area contributed by atoms with Crippen LogP contribution in [0.1, 0.15) is 18.1 Å². The molecule has 0 bridgehead atoms. The third-order valence-electron chi connectivity index (χ3n) is 4.41. The molecule has 1 fully saturated rings. The van der Waals surface area contributed by atoms with Gasteiger partial charge in [0.2, 0.25) is 5.95 Å². The molecule has 2 unspecified atom stereocenters. The number of rotatable bonds is 6. The lowest BCUT2D eigenvalue weighted by atomic mass is 10.1. The van der Waals surface area contributed by atoms with Gasteiger partial charge in [-0.1, -0.05) is 23.7 Å². The Morgan fingerprint density at radius 3 is 3.17 bits per heavy atom. The van der Waals surface area contributed by atoms with Crippen molar-refractivity contribution in [1.82, 2.24) is 19.5 Å². The summed E-state index contributed by atoms with van der Waals surface area (Å²) in [6.07, 6.45) is 1.72. The Kier molecular flexibility index (Phi) is 5.82. The molecule has 3 heterocycles. The third-order valence-corrected chi connectivity index (χ3v) is 6.32. The van der Waals surface area contributed by atoms with E-state index in [4.69, 9.17) is 31.1 Å². The monoisotopic (exact) mass is 440 g/mol. The molecule has 0 aliphatic carbocycles. The number of imidazole rings is 1. The topological polar surface area (TPSA) is 138 Å². The van der Waals surface area contributed by atoms with Gasteiger partial charge < -0.3 is 29.0 Å². The Hall–Kier alpha value is -2.07. The van der Waals surface area contributed by atoms with Crippen LogP contribution in [-0.4, -0.2) is 44.0 Å². The fourth-order valence-electron chi connectivity index (χ4n) is 3.06. The van der Waals surface area contributed by atoms with Crippen LogP contribution in [0, 0.1) is 0 Å². The lowest BCUT2D eigenvalue weighted by molar-refractivity contribution is 0.0368. The molecule has 3 aromatic rings. The van der Waals surface area contributed by atoms with E-state index in [0.717, 1.165) is 5.56 Å². The Balaban J connectivity index is 1.35. The Bertz CT molecular complexity index is 1080. The summed E-state index contributed by atoms with van der Waals surface area (Å²) in [5.74, 6) is 0.0152. The van der Waals surface area contributed by atoms with E-state index in [2.05, 4.69) is 15.0 Å². The summed E-state index contributed by atoms with van der Waals surface area (Å²) in [6.45, 7) is 0.962. The number of anilines is 1. The number of aromatic nitrogens is 4. The van der Waals surface area contributed by atoms with E-state index in [-0.39, 0.29) is 30.5 Å². The Labute approximate surface area is 171 Å². The van der Waals surface area contributed by atoms with Crippen LogP contribution in [0.25, 0.3) is 11.2 Å². The minimum atomic E-state index is -3.15. The van der Waals surface area contributed by atoms with E-state index >= 15 is 0 Å². The molecule has 4 N–H and O–H groups in total. The molecule has 29 heavy (non-hydrogen) atoms. The zero-order chi connectivity index (χ0) is 20.4. The first-order chi connectivity index (χ1) is 13.9. The number of hydrogen-bond donors (Lipinski definition) is 3.